The van der Waals surface area contributed by atoms with Crippen LogP contribution >= 0.6 is 0 Å². The lowest BCUT2D eigenvalue weighted by molar-refractivity contribution is -0.255. The van der Waals surface area contributed by atoms with Crippen LogP contribution in [0.3, 0.4) is 0 Å². The molecular formula is C14H16NO4-. The van der Waals surface area contributed by atoms with Crippen molar-refractivity contribution in [3.8, 4) is 0 Å². The van der Waals surface area contributed by atoms with E-state index in [2.05, 4.69) is 0 Å². The van der Waals surface area contributed by atoms with Crippen LogP contribution in [0, 0.1) is 0 Å². The fourth-order valence-electron chi connectivity index (χ4n) is 2.01. The summed E-state index contributed by atoms with van der Waals surface area (Å²) in [5, 5.41) is 10.9. The fraction of sp³-hybridized carbons (Fsp3) is 0.429. The third-order valence-electron chi connectivity index (χ3n) is 2.83. The number of hydrogen-bond donors (Lipinski definition) is 0. The molecule has 102 valence electrons. The van der Waals surface area contributed by atoms with Gasteiger partial charge in [0.15, 0.2) is 0 Å². The first-order valence-electron chi connectivity index (χ1n) is 6.13. The van der Waals surface area contributed by atoms with Gasteiger partial charge < -0.3 is 14.6 Å². The molecule has 0 aliphatic carbocycles. The standard InChI is InChI=1S/C14H17NO4/c1-14(2,3)19-13(18)15-7-6-9-4-5-10(12(16)17)8-11(9)15/h4-5,8H,6-7H2,1-3H3,(H,16,17)/p-1. The van der Waals surface area contributed by atoms with Crippen molar-refractivity contribution >= 4 is 17.7 Å². The Kier molecular flexibility index (Phi) is 3.22. The number of fused-ring (bicyclic) bond motifs is 1. The lowest BCUT2D eigenvalue weighted by Crippen LogP contribution is -2.35. The molecule has 19 heavy (non-hydrogen) atoms. The number of rotatable bonds is 1. The van der Waals surface area contributed by atoms with Gasteiger partial charge in [-0.05, 0) is 44.4 Å². The molecule has 0 fully saturated rings. The first kappa shape index (κ1) is 13.4. The summed E-state index contributed by atoms with van der Waals surface area (Å²) in [5.41, 5.74) is 1.02. The zero-order valence-corrected chi connectivity index (χ0v) is 11.2. The molecule has 1 aliphatic rings. The summed E-state index contributed by atoms with van der Waals surface area (Å²) in [6, 6.07) is 4.67. The highest BCUT2D eigenvalue weighted by molar-refractivity contribution is 5.94. The number of hydrogen-bond acceptors (Lipinski definition) is 4. The van der Waals surface area contributed by atoms with Crippen LogP contribution in [0.4, 0.5) is 10.5 Å². The Hall–Kier alpha value is -2.04. The molecule has 0 spiro atoms. The average Bonchev–Trinajstić information content (AvgIpc) is 2.68. The topological polar surface area (TPSA) is 69.7 Å². The number of aromatic carboxylic acids is 1. The van der Waals surface area contributed by atoms with Gasteiger partial charge in [-0.15, -0.1) is 0 Å². The predicted molar refractivity (Wildman–Crippen MR) is 68.1 cm³/mol. The third kappa shape index (κ3) is 2.86. The normalized spacial score (nSPS) is 14.2. The molecule has 1 aliphatic heterocycles. The summed E-state index contributed by atoms with van der Waals surface area (Å²) in [6.45, 7) is 5.87. The quantitative estimate of drug-likeness (QED) is 0.766. The van der Waals surface area contributed by atoms with Gasteiger partial charge in [0.05, 0.1) is 11.7 Å². The molecule has 0 unspecified atom stereocenters. The number of anilines is 1. The summed E-state index contributed by atoms with van der Waals surface area (Å²) in [5.74, 6) is -1.25. The number of ether oxygens (including phenoxy) is 1. The van der Waals surface area contributed by atoms with E-state index in [1.807, 2.05) is 0 Å². The van der Waals surface area contributed by atoms with Crippen molar-refractivity contribution in [1.29, 1.82) is 0 Å². The van der Waals surface area contributed by atoms with E-state index in [1.165, 1.54) is 17.0 Å². The van der Waals surface area contributed by atoms with Crippen molar-refractivity contribution in [3.63, 3.8) is 0 Å². The number of benzene rings is 1. The van der Waals surface area contributed by atoms with Crippen LogP contribution in [-0.4, -0.2) is 24.2 Å². The van der Waals surface area contributed by atoms with Crippen molar-refractivity contribution in [2.24, 2.45) is 0 Å². The summed E-state index contributed by atoms with van der Waals surface area (Å²) < 4.78 is 5.30. The number of carbonyl (C=O) groups excluding carboxylic acids is 2. The maximum atomic E-state index is 12.0. The summed E-state index contributed by atoms with van der Waals surface area (Å²) >= 11 is 0. The minimum atomic E-state index is -1.25. The second-order valence-corrected chi connectivity index (χ2v) is 5.51. The van der Waals surface area contributed by atoms with E-state index >= 15 is 0 Å². The maximum Gasteiger partial charge on any atom is 0.414 e. The van der Waals surface area contributed by atoms with Gasteiger partial charge in [-0.25, -0.2) is 4.79 Å². The van der Waals surface area contributed by atoms with Crippen LogP contribution < -0.4 is 10.0 Å². The molecule has 5 nitrogen and oxygen atoms in total. The predicted octanol–water partition coefficient (Wildman–Crippen LogP) is 1.35. The molecule has 1 heterocycles. The Balaban J connectivity index is 2.28. The molecule has 0 radical (unpaired) electrons. The van der Waals surface area contributed by atoms with Crippen molar-refractivity contribution < 1.29 is 19.4 Å². The Morgan fingerprint density at radius 2 is 2.00 bits per heavy atom. The number of carbonyl (C=O) groups is 2. The number of carboxylic acid groups (broad SMARTS) is 1. The Labute approximate surface area is 111 Å². The van der Waals surface area contributed by atoms with Gasteiger partial charge >= 0.3 is 6.09 Å². The fourth-order valence-corrected chi connectivity index (χ4v) is 2.01. The van der Waals surface area contributed by atoms with E-state index in [-0.39, 0.29) is 5.56 Å². The zero-order chi connectivity index (χ0) is 14.2. The maximum absolute atomic E-state index is 12.0. The zero-order valence-electron chi connectivity index (χ0n) is 11.2. The summed E-state index contributed by atoms with van der Waals surface area (Å²) in [7, 11) is 0. The van der Waals surface area contributed by atoms with Crippen LogP contribution in [0.2, 0.25) is 0 Å². The van der Waals surface area contributed by atoms with Gasteiger partial charge in [0.1, 0.15) is 5.60 Å². The van der Waals surface area contributed by atoms with Gasteiger partial charge in [-0.1, -0.05) is 12.1 Å². The highest BCUT2D eigenvalue weighted by Gasteiger charge is 2.29. The number of amides is 1. The van der Waals surface area contributed by atoms with E-state index in [4.69, 9.17) is 4.74 Å². The third-order valence-corrected chi connectivity index (χ3v) is 2.83. The molecule has 1 aromatic carbocycles. The van der Waals surface area contributed by atoms with Crippen LogP contribution in [0.5, 0.6) is 0 Å². The number of carboxylic acids is 1. The monoisotopic (exact) mass is 262 g/mol. The molecule has 0 bridgehead atoms. The van der Waals surface area contributed by atoms with Crippen LogP contribution in [0.25, 0.3) is 0 Å². The van der Waals surface area contributed by atoms with E-state index in [0.717, 1.165) is 5.56 Å². The Morgan fingerprint density at radius 1 is 1.32 bits per heavy atom. The van der Waals surface area contributed by atoms with E-state index in [0.29, 0.717) is 18.7 Å². The van der Waals surface area contributed by atoms with Gasteiger partial charge in [0.2, 0.25) is 0 Å². The molecule has 0 aromatic heterocycles. The second kappa shape index (κ2) is 4.57. The molecule has 1 aromatic rings. The van der Waals surface area contributed by atoms with Gasteiger partial charge in [0.25, 0.3) is 0 Å². The molecule has 5 heteroatoms. The second-order valence-electron chi connectivity index (χ2n) is 5.51. The van der Waals surface area contributed by atoms with Gasteiger partial charge in [-0.3, -0.25) is 4.90 Å². The summed E-state index contributed by atoms with van der Waals surface area (Å²) in [6.07, 6.45) is 0.240. The van der Waals surface area contributed by atoms with Crippen LogP contribution in [0.15, 0.2) is 18.2 Å². The van der Waals surface area contributed by atoms with Crippen molar-refractivity contribution in [2.75, 3.05) is 11.4 Å². The minimum Gasteiger partial charge on any atom is -0.545 e. The molecule has 0 atom stereocenters. The smallest absolute Gasteiger partial charge is 0.414 e. The average molecular weight is 262 g/mol. The van der Waals surface area contributed by atoms with Crippen LogP contribution in [-0.2, 0) is 11.2 Å². The molecule has 1 amide bonds. The summed E-state index contributed by atoms with van der Waals surface area (Å²) in [4.78, 5) is 24.4. The molecule has 2 rings (SSSR count). The largest absolute Gasteiger partial charge is 0.545 e. The lowest BCUT2D eigenvalue weighted by atomic mass is 10.1. The van der Waals surface area contributed by atoms with E-state index in [9.17, 15) is 14.7 Å². The Bertz CT molecular complexity index is 531. The van der Waals surface area contributed by atoms with Crippen LogP contribution in [0.1, 0.15) is 36.7 Å². The SMILES string of the molecule is CC(C)(C)OC(=O)N1CCc2ccc(C(=O)[O-])cc21. The first-order valence-corrected chi connectivity index (χ1v) is 6.13. The van der Waals surface area contributed by atoms with E-state index in [1.54, 1.807) is 26.8 Å². The first-order chi connectivity index (χ1) is 8.78. The highest BCUT2D eigenvalue weighted by Crippen LogP contribution is 2.30. The Morgan fingerprint density at radius 3 is 2.58 bits per heavy atom. The lowest BCUT2D eigenvalue weighted by Gasteiger charge is -2.25. The molecule has 0 N–H and O–H groups in total. The van der Waals surface area contributed by atoms with Crippen molar-refractivity contribution in [1.82, 2.24) is 0 Å². The minimum absolute atomic E-state index is 0.0641. The number of nitrogens with zero attached hydrogens (tertiary/aromatic N) is 1. The molecular weight excluding hydrogens is 246 g/mol. The van der Waals surface area contributed by atoms with Gasteiger partial charge in [-0.2, -0.15) is 0 Å². The van der Waals surface area contributed by atoms with E-state index < -0.39 is 17.7 Å². The van der Waals surface area contributed by atoms with Gasteiger partial charge in [0, 0.05) is 6.54 Å². The van der Waals surface area contributed by atoms with Crippen molar-refractivity contribution in [3.05, 3.63) is 29.3 Å². The molecule has 0 saturated carbocycles. The molecule has 0 saturated heterocycles. The van der Waals surface area contributed by atoms with Crippen molar-refractivity contribution in [2.45, 2.75) is 32.8 Å². The highest BCUT2D eigenvalue weighted by atomic mass is 16.6.